The van der Waals surface area contributed by atoms with Gasteiger partial charge < -0.3 is 15.3 Å². The molecule has 2 fully saturated rings. The molecule has 1 saturated carbocycles. The number of carbonyl (C=O) groups excluding carboxylic acids is 1. The van der Waals surface area contributed by atoms with Gasteiger partial charge in [0.15, 0.2) is 0 Å². The number of hydrogen-bond acceptors (Lipinski definition) is 3. The zero-order valence-electron chi connectivity index (χ0n) is 11.3. The highest BCUT2D eigenvalue weighted by atomic mass is 19.1. The predicted molar refractivity (Wildman–Crippen MR) is 73.1 cm³/mol. The summed E-state index contributed by atoms with van der Waals surface area (Å²) in [5, 5.41) is 13.2. The third kappa shape index (κ3) is 2.77. The molecule has 1 unspecified atom stereocenters. The molecule has 2 N–H and O–H groups in total. The number of phenolic OH excluding ortho intramolecular Hbond substituents is 1. The van der Waals surface area contributed by atoms with Crippen LogP contribution in [0.25, 0.3) is 0 Å². The Hall–Kier alpha value is -1.62. The molecule has 1 aromatic carbocycles. The average molecular weight is 278 g/mol. The summed E-state index contributed by atoms with van der Waals surface area (Å²) in [5.74, 6) is -1.01. The van der Waals surface area contributed by atoms with Crippen LogP contribution in [0.15, 0.2) is 18.2 Å². The second kappa shape index (κ2) is 5.40. The molecule has 0 aromatic heterocycles. The maximum atomic E-state index is 13.0. The molecular weight excluding hydrogens is 259 g/mol. The summed E-state index contributed by atoms with van der Waals surface area (Å²) in [6.07, 6.45) is 4.24. The number of hydrogen-bond donors (Lipinski definition) is 2. The maximum absolute atomic E-state index is 13.0. The Morgan fingerprint density at radius 3 is 2.80 bits per heavy atom. The molecule has 1 aliphatic heterocycles. The minimum Gasteiger partial charge on any atom is -0.507 e. The van der Waals surface area contributed by atoms with Crippen molar-refractivity contribution in [3.05, 3.63) is 29.6 Å². The van der Waals surface area contributed by atoms with Crippen molar-refractivity contribution >= 4 is 5.91 Å². The van der Waals surface area contributed by atoms with Gasteiger partial charge in [-0.25, -0.2) is 4.39 Å². The smallest absolute Gasteiger partial charge is 0.257 e. The predicted octanol–water partition coefficient (Wildman–Crippen LogP) is 1.89. The van der Waals surface area contributed by atoms with E-state index in [1.54, 1.807) is 0 Å². The molecule has 2 aliphatic rings. The summed E-state index contributed by atoms with van der Waals surface area (Å²) in [5.41, 5.74) is 0.191. The van der Waals surface area contributed by atoms with Crippen LogP contribution >= 0.6 is 0 Å². The minimum atomic E-state index is -0.533. The van der Waals surface area contributed by atoms with E-state index in [0.717, 1.165) is 38.3 Å². The number of phenols is 1. The Bertz CT molecular complexity index is 511. The molecule has 4 nitrogen and oxygen atoms in total. The molecule has 5 heteroatoms. The van der Waals surface area contributed by atoms with E-state index in [4.69, 9.17) is 0 Å². The molecule has 1 aromatic rings. The molecule has 0 bridgehead atoms. The Morgan fingerprint density at radius 2 is 2.20 bits per heavy atom. The quantitative estimate of drug-likeness (QED) is 0.884. The number of nitrogens with zero attached hydrogens (tertiary/aromatic N) is 1. The van der Waals surface area contributed by atoms with Crippen LogP contribution in [-0.2, 0) is 0 Å². The molecule has 1 heterocycles. The van der Waals surface area contributed by atoms with E-state index in [0.29, 0.717) is 12.6 Å². The van der Waals surface area contributed by atoms with Gasteiger partial charge in [0.1, 0.15) is 11.6 Å². The van der Waals surface area contributed by atoms with E-state index >= 15 is 0 Å². The average Bonchev–Trinajstić information content (AvgIpc) is 3.12. The lowest BCUT2D eigenvalue weighted by Gasteiger charge is -2.26. The number of carbonyl (C=O) groups is 1. The number of benzene rings is 1. The van der Waals surface area contributed by atoms with E-state index in [9.17, 15) is 14.3 Å². The Labute approximate surface area is 117 Å². The van der Waals surface area contributed by atoms with Gasteiger partial charge in [0, 0.05) is 24.7 Å². The lowest BCUT2D eigenvalue weighted by Crippen LogP contribution is -2.42. The lowest BCUT2D eigenvalue weighted by atomic mass is 10.1. The SMILES string of the molecule is O=C(c1ccc(F)cc1O)N(CC1CCCN1)C1CC1. The normalized spacial score (nSPS) is 21.9. The third-order valence-corrected chi connectivity index (χ3v) is 4.02. The fraction of sp³-hybridized carbons (Fsp3) is 0.533. The summed E-state index contributed by atoms with van der Waals surface area (Å²) in [6, 6.07) is 4.18. The standard InChI is InChI=1S/C15H19FN2O2/c16-10-3-6-13(14(19)8-10)15(20)18(12-4-5-12)9-11-2-1-7-17-11/h3,6,8,11-12,17,19H,1-2,4-5,7,9H2. The molecule has 1 atom stereocenters. The zero-order chi connectivity index (χ0) is 14.1. The van der Waals surface area contributed by atoms with Gasteiger partial charge in [0.05, 0.1) is 5.56 Å². The van der Waals surface area contributed by atoms with Gasteiger partial charge in [-0.15, -0.1) is 0 Å². The van der Waals surface area contributed by atoms with Crippen molar-refractivity contribution < 1.29 is 14.3 Å². The molecule has 0 radical (unpaired) electrons. The molecule has 1 amide bonds. The van der Waals surface area contributed by atoms with Crippen molar-refractivity contribution in [2.24, 2.45) is 0 Å². The number of halogens is 1. The summed E-state index contributed by atoms with van der Waals surface area (Å²) in [4.78, 5) is 14.4. The first-order valence-electron chi connectivity index (χ1n) is 7.18. The highest BCUT2D eigenvalue weighted by Gasteiger charge is 2.35. The topological polar surface area (TPSA) is 52.6 Å². The Morgan fingerprint density at radius 1 is 1.40 bits per heavy atom. The first-order chi connectivity index (χ1) is 9.65. The second-order valence-corrected chi connectivity index (χ2v) is 5.64. The first kappa shape index (κ1) is 13.4. The van der Waals surface area contributed by atoms with Crippen molar-refractivity contribution in [3.63, 3.8) is 0 Å². The molecular formula is C15H19FN2O2. The Balaban J connectivity index is 1.77. The van der Waals surface area contributed by atoms with Gasteiger partial charge in [0.2, 0.25) is 0 Å². The number of rotatable bonds is 4. The summed E-state index contributed by atoms with van der Waals surface area (Å²) >= 11 is 0. The summed E-state index contributed by atoms with van der Waals surface area (Å²) in [6.45, 7) is 1.67. The van der Waals surface area contributed by atoms with E-state index in [1.165, 1.54) is 12.1 Å². The van der Waals surface area contributed by atoms with Crippen molar-refractivity contribution in [2.45, 2.75) is 37.8 Å². The number of nitrogens with one attached hydrogen (secondary N) is 1. The molecule has 20 heavy (non-hydrogen) atoms. The molecule has 1 saturated heterocycles. The zero-order valence-corrected chi connectivity index (χ0v) is 11.3. The van der Waals surface area contributed by atoms with E-state index in [2.05, 4.69) is 5.32 Å². The van der Waals surface area contributed by atoms with Gasteiger partial charge in [0.25, 0.3) is 5.91 Å². The van der Waals surface area contributed by atoms with Gasteiger partial charge in [-0.1, -0.05) is 0 Å². The minimum absolute atomic E-state index is 0.191. The van der Waals surface area contributed by atoms with Crippen molar-refractivity contribution in [2.75, 3.05) is 13.1 Å². The Kier molecular flexibility index (Phi) is 3.61. The second-order valence-electron chi connectivity index (χ2n) is 5.64. The van der Waals surface area contributed by atoms with Crippen molar-refractivity contribution in [1.82, 2.24) is 10.2 Å². The first-order valence-corrected chi connectivity index (χ1v) is 7.18. The van der Waals surface area contributed by atoms with Crippen LogP contribution in [0.3, 0.4) is 0 Å². The molecule has 3 rings (SSSR count). The van der Waals surface area contributed by atoms with E-state index in [-0.39, 0.29) is 23.3 Å². The van der Waals surface area contributed by atoms with Crippen LogP contribution < -0.4 is 5.32 Å². The largest absolute Gasteiger partial charge is 0.507 e. The van der Waals surface area contributed by atoms with Gasteiger partial charge in [-0.3, -0.25) is 4.79 Å². The third-order valence-electron chi connectivity index (χ3n) is 4.02. The lowest BCUT2D eigenvalue weighted by molar-refractivity contribution is 0.0725. The van der Waals surface area contributed by atoms with Crippen LogP contribution in [-0.4, -0.2) is 41.1 Å². The highest BCUT2D eigenvalue weighted by molar-refractivity contribution is 5.97. The van der Waals surface area contributed by atoms with Crippen LogP contribution in [0.4, 0.5) is 4.39 Å². The van der Waals surface area contributed by atoms with E-state index < -0.39 is 5.82 Å². The number of amides is 1. The fourth-order valence-electron chi connectivity index (χ4n) is 2.77. The van der Waals surface area contributed by atoms with Crippen molar-refractivity contribution in [1.29, 1.82) is 0 Å². The van der Waals surface area contributed by atoms with Crippen LogP contribution in [0, 0.1) is 5.82 Å². The van der Waals surface area contributed by atoms with Gasteiger partial charge in [-0.05, 0) is 44.4 Å². The summed E-state index contributed by atoms with van der Waals surface area (Å²) < 4.78 is 13.0. The highest BCUT2D eigenvalue weighted by Crippen LogP contribution is 2.31. The number of aromatic hydroxyl groups is 1. The van der Waals surface area contributed by atoms with E-state index in [1.807, 2.05) is 4.90 Å². The maximum Gasteiger partial charge on any atom is 0.257 e. The van der Waals surface area contributed by atoms with Gasteiger partial charge >= 0.3 is 0 Å². The van der Waals surface area contributed by atoms with Crippen molar-refractivity contribution in [3.8, 4) is 5.75 Å². The van der Waals surface area contributed by atoms with Crippen LogP contribution in [0.2, 0.25) is 0 Å². The van der Waals surface area contributed by atoms with Crippen LogP contribution in [0.1, 0.15) is 36.0 Å². The van der Waals surface area contributed by atoms with Gasteiger partial charge in [-0.2, -0.15) is 0 Å². The molecule has 0 spiro atoms. The van der Waals surface area contributed by atoms with Crippen LogP contribution in [0.5, 0.6) is 5.75 Å². The summed E-state index contributed by atoms with van der Waals surface area (Å²) in [7, 11) is 0. The molecule has 108 valence electrons. The monoisotopic (exact) mass is 278 g/mol. The fourth-order valence-corrected chi connectivity index (χ4v) is 2.77. The molecule has 1 aliphatic carbocycles.